The van der Waals surface area contributed by atoms with Crippen LogP contribution in [-0.2, 0) is 4.79 Å². The Balaban J connectivity index is 0.00000196. The number of amides is 1. The maximum absolute atomic E-state index is 12.7. The van der Waals surface area contributed by atoms with E-state index in [2.05, 4.69) is 15.7 Å². The highest BCUT2D eigenvalue weighted by molar-refractivity contribution is 7.09. The fourth-order valence-electron chi connectivity index (χ4n) is 4.47. The van der Waals surface area contributed by atoms with Crippen molar-refractivity contribution in [1.29, 1.82) is 0 Å². The molecular formula is C20H26ClN3OS. The maximum Gasteiger partial charge on any atom is 0.227 e. The molecule has 6 heteroatoms. The summed E-state index contributed by atoms with van der Waals surface area (Å²) in [5.41, 5.74) is 9.28. The van der Waals surface area contributed by atoms with Crippen LogP contribution in [0.25, 0.3) is 11.3 Å². The van der Waals surface area contributed by atoms with Crippen LogP contribution in [0.1, 0.15) is 37.1 Å². The van der Waals surface area contributed by atoms with Crippen molar-refractivity contribution >= 4 is 35.3 Å². The number of carbonyl (C=O) groups is 1. The lowest BCUT2D eigenvalue weighted by Gasteiger charge is -2.43. The first-order valence-corrected chi connectivity index (χ1v) is 10.1. The molecule has 2 aromatic rings. The van der Waals surface area contributed by atoms with Gasteiger partial charge in [-0.15, -0.1) is 23.7 Å². The third-order valence-corrected chi connectivity index (χ3v) is 6.62. The fourth-order valence-corrected chi connectivity index (χ4v) is 5.09. The van der Waals surface area contributed by atoms with Crippen molar-refractivity contribution in [2.24, 2.45) is 23.5 Å². The number of hydrogen-bond acceptors (Lipinski definition) is 4. The Morgan fingerprint density at radius 1 is 1.19 bits per heavy atom. The van der Waals surface area contributed by atoms with Crippen LogP contribution in [0.5, 0.6) is 0 Å². The van der Waals surface area contributed by atoms with Gasteiger partial charge < -0.3 is 11.1 Å². The first kappa shape index (κ1) is 19.3. The van der Waals surface area contributed by atoms with Gasteiger partial charge in [0.1, 0.15) is 0 Å². The topological polar surface area (TPSA) is 68.0 Å². The number of nitrogens with zero attached hydrogens (tertiary/aromatic N) is 1. The number of fused-ring (bicyclic) bond motifs is 2. The number of hydrogen-bond donors (Lipinski definition) is 2. The molecule has 2 unspecified atom stereocenters. The van der Waals surface area contributed by atoms with E-state index in [9.17, 15) is 4.79 Å². The molecule has 4 nitrogen and oxygen atoms in total. The van der Waals surface area contributed by atoms with E-state index in [0.717, 1.165) is 34.8 Å². The molecule has 2 atom stereocenters. The molecule has 2 fully saturated rings. The van der Waals surface area contributed by atoms with Crippen molar-refractivity contribution < 1.29 is 4.79 Å². The van der Waals surface area contributed by atoms with E-state index >= 15 is 0 Å². The maximum atomic E-state index is 12.7. The van der Waals surface area contributed by atoms with Crippen molar-refractivity contribution in [3.63, 3.8) is 0 Å². The largest absolute Gasteiger partial charge is 0.327 e. The van der Waals surface area contributed by atoms with E-state index in [0.29, 0.717) is 17.9 Å². The Bertz CT molecular complexity index is 747. The molecule has 2 aliphatic carbocycles. The quantitative estimate of drug-likeness (QED) is 0.801. The molecular weight excluding hydrogens is 366 g/mol. The number of anilines is 1. The highest BCUT2D eigenvalue weighted by atomic mass is 35.5. The zero-order chi connectivity index (χ0) is 17.4. The van der Waals surface area contributed by atoms with E-state index in [1.54, 1.807) is 11.3 Å². The number of thiazole rings is 1. The second-order valence-electron chi connectivity index (χ2n) is 7.52. The molecule has 2 saturated carbocycles. The van der Waals surface area contributed by atoms with Gasteiger partial charge in [0.15, 0.2) is 0 Å². The summed E-state index contributed by atoms with van der Waals surface area (Å²) >= 11 is 1.65. The molecule has 3 N–H and O–H groups in total. The van der Waals surface area contributed by atoms with E-state index in [4.69, 9.17) is 5.73 Å². The minimum atomic E-state index is 0. The highest BCUT2D eigenvalue weighted by Gasteiger charge is 2.40. The summed E-state index contributed by atoms with van der Waals surface area (Å²) in [6, 6.07) is 8.29. The number of benzene rings is 1. The van der Waals surface area contributed by atoms with Crippen LogP contribution < -0.4 is 11.1 Å². The number of nitrogens with two attached hydrogens (primary N) is 1. The Hall–Kier alpha value is -1.43. The Morgan fingerprint density at radius 2 is 1.85 bits per heavy atom. The highest BCUT2D eigenvalue weighted by Crippen LogP contribution is 2.42. The summed E-state index contributed by atoms with van der Waals surface area (Å²) in [6.07, 6.45) is 5.53. The van der Waals surface area contributed by atoms with Gasteiger partial charge in [-0.05, 0) is 56.6 Å². The third-order valence-electron chi connectivity index (χ3n) is 5.85. The summed E-state index contributed by atoms with van der Waals surface area (Å²) < 4.78 is 0. The predicted octanol–water partition coefficient (Wildman–Crippen LogP) is 4.63. The van der Waals surface area contributed by atoms with Crippen LogP contribution in [0.4, 0.5) is 5.69 Å². The SMILES string of the molecule is Cc1nc(-c2ccc(NC(=O)C3CC4CCCC(C3)C4N)cc2)cs1.Cl. The number of aromatic nitrogens is 1. The second-order valence-corrected chi connectivity index (χ2v) is 8.58. The van der Waals surface area contributed by atoms with Crippen molar-refractivity contribution in [2.45, 2.75) is 45.1 Å². The number of rotatable bonds is 3. The van der Waals surface area contributed by atoms with Crippen LogP contribution in [0.2, 0.25) is 0 Å². The second kappa shape index (κ2) is 8.07. The Labute approximate surface area is 165 Å². The smallest absolute Gasteiger partial charge is 0.227 e. The lowest BCUT2D eigenvalue weighted by Crippen LogP contribution is -2.48. The average Bonchev–Trinajstić information content (AvgIpc) is 3.01. The Kier molecular flexibility index (Phi) is 6.00. The summed E-state index contributed by atoms with van der Waals surface area (Å²) in [4.78, 5) is 17.2. The van der Waals surface area contributed by atoms with Crippen LogP contribution >= 0.6 is 23.7 Å². The van der Waals surface area contributed by atoms with Crippen LogP contribution in [0.3, 0.4) is 0 Å². The number of nitrogens with one attached hydrogen (secondary N) is 1. The lowest BCUT2D eigenvalue weighted by molar-refractivity contribution is -0.122. The minimum absolute atomic E-state index is 0. The van der Waals surface area contributed by atoms with Gasteiger partial charge >= 0.3 is 0 Å². The normalized spacial score (nSPS) is 27.5. The van der Waals surface area contributed by atoms with E-state index < -0.39 is 0 Å². The average molecular weight is 392 g/mol. The monoisotopic (exact) mass is 391 g/mol. The standard InChI is InChI=1S/C20H25N3OS.ClH/c1-12-22-18(11-25-12)13-5-7-17(8-6-13)23-20(24)16-9-14-3-2-4-15(10-16)19(14)21;/h5-8,11,14-16,19H,2-4,9-10,21H2,1H3,(H,23,24);1H. The van der Waals surface area contributed by atoms with E-state index in [1.807, 2.05) is 31.2 Å². The molecule has 1 aromatic carbocycles. The molecule has 0 saturated heterocycles. The summed E-state index contributed by atoms with van der Waals surface area (Å²) in [7, 11) is 0. The molecule has 0 radical (unpaired) electrons. The van der Waals surface area contributed by atoms with Gasteiger partial charge in [0, 0.05) is 28.6 Å². The van der Waals surface area contributed by atoms with Gasteiger partial charge in [-0.25, -0.2) is 4.98 Å². The molecule has 1 heterocycles. The summed E-state index contributed by atoms with van der Waals surface area (Å²) in [5, 5.41) is 6.23. The van der Waals surface area contributed by atoms with Crippen LogP contribution in [0, 0.1) is 24.7 Å². The summed E-state index contributed by atoms with van der Waals surface area (Å²) in [5.74, 6) is 1.31. The number of halogens is 1. The van der Waals surface area contributed by atoms with Crippen LogP contribution in [-0.4, -0.2) is 16.9 Å². The molecule has 26 heavy (non-hydrogen) atoms. The molecule has 4 rings (SSSR count). The molecule has 2 bridgehead atoms. The van der Waals surface area contributed by atoms with Crippen molar-refractivity contribution in [3.05, 3.63) is 34.7 Å². The lowest BCUT2D eigenvalue weighted by atomic mass is 9.65. The van der Waals surface area contributed by atoms with Gasteiger partial charge in [-0.2, -0.15) is 0 Å². The molecule has 2 aliphatic rings. The minimum Gasteiger partial charge on any atom is -0.327 e. The third kappa shape index (κ3) is 3.95. The molecule has 0 aliphatic heterocycles. The Morgan fingerprint density at radius 3 is 2.42 bits per heavy atom. The zero-order valence-electron chi connectivity index (χ0n) is 15.0. The molecule has 1 amide bonds. The first-order chi connectivity index (χ1) is 12.1. The first-order valence-electron chi connectivity index (χ1n) is 9.19. The number of aryl methyl sites for hydroxylation is 1. The van der Waals surface area contributed by atoms with Gasteiger partial charge in [0.25, 0.3) is 0 Å². The van der Waals surface area contributed by atoms with E-state index in [1.165, 1.54) is 19.3 Å². The van der Waals surface area contributed by atoms with Gasteiger partial charge in [-0.3, -0.25) is 4.79 Å². The van der Waals surface area contributed by atoms with Crippen LogP contribution in [0.15, 0.2) is 29.6 Å². The van der Waals surface area contributed by atoms with Gasteiger partial charge in [-0.1, -0.05) is 18.6 Å². The van der Waals surface area contributed by atoms with Crippen molar-refractivity contribution in [3.8, 4) is 11.3 Å². The van der Waals surface area contributed by atoms with Crippen molar-refractivity contribution in [2.75, 3.05) is 5.32 Å². The van der Waals surface area contributed by atoms with Gasteiger partial charge in [0.2, 0.25) is 5.91 Å². The molecule has 0 spiro atoms. The zero-order valence-corrected chi connectivity index (χ0v) is 16.6. The predicted molar refractivity (Wildman–Crippen MR) is 110 cm³/mol. The fraction of sp³-hybridized carbons (Fsp3) is 0.500. The molecule has 1 aromatic heterocycles. The number of carbonyl (C=O) groups excluding carboxylic acids is 1. The van der Waals surface area contributed by atoms with E-state index in [-0.39, 0.29) is 24.2 Å². The summed E-state index contributed by atoms with van der Waals surface area (Å²) in [6.45, 7) is 2.01. The van der Waals surface area contributed by atoms with Crippen molar-refractivity contribution in [1.82, 2.24) is 4.98 Å². The molecule has 140 valence electrons. The van der Waals surface area contributed by atoms with Gasteiger partial charge in [0.05, 0.1) is 10.7 Å².